The largest absolute Gasteiger partial charge is 0.377 e. The number of amides is 1. The zero-order chi connectivity index (χ0) is 22.1. The van der Waals surface area contributed by atoms with Gasteiger partial charge in [-0.15, -0.1) is 0 Å². The maximum atomic E-state index is 12.7. The fraction of sp³-hybridized carbons (Fsp3) is 0.455. The first-order valence-corrected chi connectivity index (χ1v) is 11.0. The van der Waals surface area contributed by atoms with E-state index in [4.69, 9.17) is 20.3 Å². The summed E-state index contributed by atoms with van der Waals surface area (Å²) in [6.07, 6.45) is 6.33. The molecular formula is C22H27N7O3. The molecule has 2 aliphatic rings. The van der Waals surface area contributed by atoms with E-state index in [0.29, 0.717) is 54.3 Å². The number of nitrogens with two attached hydrogens (primary N) is 1. The lowest BCUT2D eigenvalue weighted by Crippen LogP contribution is -2.44. The van der Waals surface area contributed by atoms with Crippen LogP contribution in [0.15, 0.2) is 30.6 Å². The van der Waals surface area contributed by atoms with Crippen LogP contribution < -0.4 is 16.2 Å². The quantitative estimate of drug-likeness (QED) is 0.361. The van der Waals surface area contributed by atoms with E-state index >= 15 is 0 Å². The molecule has 10 nitrogen and oxygen atoms in total. The second-order valence-electron chi connectivity index (χ2n) is 8.16. The topological polar surface area (TPSA) is 120 Å². The minimum absolute atomic E-state index is 0.128. The van der Waals surface area contributed by atoms with Gasteiger partial charge in [0.05, 0.1) is 30.5 Å². The highest BCUT2D eigenvalue weighted by atomic mass is 16.5. The lowest BCUT2D eigenvalue weighted by Gasteiger charge is -2.34. The van der Waals surface area contributed by atoms with Crippen LogP contribution in [-0.4, -0.2) is 58.1 Å². The number of carbonyl (C=O) groups excluding carboxylic acids is 1. The first kappa shape index (κ1) is 20.8. The Balaban J connectivity index is 1.69. The smallest absolute Gasteiger partial charge is 0.265 e. The van der Waals surface area contributed by atoms with E-state index in [1.165, 1.54) is 0 Å². The Hall–Kier alpha value is -3.08. The highest BCUT2D eigenvalue weighted by Crippen LogP contribution is 2.33. The number of pyridine rings is 2. The van der Waals surface area contributed by atoms with Crippen LogP contribution in [0.25, 0.3) is 22.3 Å². The number of hydrogen-bond acceptors (Lipinski definition) is 8. The lowest BCUT2D eigenvalue weighted by atomic mass is 10.1. The van der Waals surface area contributed by atoms with Crippen LogP contribution in [-0.2, 0) is 9.47 Å². The molecule has 0 saturated carbocycles. The monoisotopic (exact) mass is 437 g/mol. The number of aromatic nitrogens is 4. The summed E-state index contributed by atoms with van der Waals surface area (Å²) in [6.45, 7) is 4.68. The zero-order valence-corrected chi connectivity index (χ0v) is 18.0. The Bertz CT molecular complexity index is 1130. The number of nitrogens with one attached hydrogen (secondary N) is 1. The molecule has 2 aliphatic heterocycles. The highest BCUT2D eigenvalue weighted by molar-refractivity contribution is 6.09. The van der Waals surface area contributed by atoms with Crippen LogP contribution in [0.3, 0.4) is 0 Å². The van der Waals surface area contributed by atoms with Gasteiger partial charge in [0.2, 0.25) is 0 Å². The molecule has 3 N–H and O–H groups in total. The van der Waals surface area contributed by atoms with Gasteiger partial charge < -0.3 is 14.4 Å². The second kappa shape index (κ2) is 8.81. The molecular weight excluding hydrogens is 410 g/mol. The Labute approximate surface area is 185 Å². The number of carbonyl (C=O) groups is 1. The summed E-state index contributed by atoms with van der Waals surface area (Å²) in [4.78, 5) is 24.5. The van der Waals surface area contributed by atoms with E-state index in [2.05, 4.69) is 27.3 Å². The van der Waals surface area contributed by atoms with E-state index in [9.17, 15) is 4.79 Å². The van der Waals surface area contributed by atoms with E-state index < -0.39 is 0 Å². The molecule has 168 valence electrons. The fourth-order valence-corrected chi connectivity index (χ4v) is 4.45. The molecule has 3 aromatic heterocycles. The molecule has 2 saturated heterocycles. The van der Waals surface area contributed by atoms with Gasteiger partial charge in [0.25, 0.3) is 5.91 Å². The normalized spacial score (nSPS) is 21.6. The third-order valence-corrected chi connectivity index (χ3v) is 6.09. The van der Waals surface area contributed by atoms with Crippen molar-refractivity contribution in [3.8, 4) is 11.4 Å². The first-order valence-electron chi connectivity index (χ1n) is 11.0. The van der Waals surface area contributed by atoms with E-state index in [1.54, 1.807) is 24.5 Å². The summed E-state index contributed by atoms with van der Waals surface area (Å²) < 4.78 is 13.4. The van der Waals surface area contributed by atoms with Crippen molar-refractivity contribution >= 4 is 22.6 Å². The minimum atomic E-state index is -0.374. The summed E-state index contributed by atoms with van der Waals surface area (Å²) in [6, 6.07) is 5.62. The van der Waals surface area contributed by atoms with Gasteiger partial charge in [0.15, 0.2) is 6.23 Å². The Morgan fingerprint density at radius 3 is 2.94 bits per heavy atom. The van der Waals surface area contributed by atoms with Crippen LogP contribution in [0, 0.1) is 0 Å². The SMILES string of the molecule is C[C@@H]1COCCN1c1cc(C(=O)NN)c2ccnc(-c3ccnn3C3CCCCO3)c2n1. The van der Waals surface area contributed by atoms with Crippen molar-refractivity contribution in [3.05, 3.63) is 36.2 Å². The van der Waals surface area contributed by atoms with Gasteiger partial charge in [-0.05, 0) is 44.4 Å². The maximum absolute atomic E-state index is 12.7. The Morgan fingerprint density at radius 1 is 1.25 bits per heavy atom. The number of ether oxygens (including phenoxy) is 2. The van der Waals surface area contributed by atoms with Crippen molar-refractivity contribution in [1.82, 2.24) is 25.2 Å². The zero-order valence-electron chi connectivity index (χ0n) is 18.0. The van der Waals surface area contributed by atoms with Gasteiger partial charge in [-0.3, -0.25) is 15.2 Å². The number of morpholine rings is 1. The molecule has 0 spiro atoms. The van der Waals surface area contributed by atoms with E-state index in [0.717, 1.165) is 25.0 Å². The number of anilines is 1. The molecule has 10 heteroatoms. The molecule has 0 radical (unpaired) electrons. The molecule has 2 atom stereocenters. The van der Waals surface area contributed by atoms with E-state index in [-0.39, 0.29) is 18.2 Å². The standard InChI is InChI=1S/C22H27N7O3/c1-14-13-31-11-9-28(14)18-12-16(22(30)27-23)15-5-7-24-21(20(15)26-18)17-6-8-25-29(17)19-4-2-3-10-32-19/h5-8,12,14,19H,2-4,9-11,13,23H2,1H3,(H,27,30)/t14-,19?/m1/s1. The number of nitrogen functional groups attached to an aromatic ring is 1. The summed E-state index contributed by atoms with van der Waals surface area (Å²) in [5, 5.41) is 5.20. The molecule has 5 heterocycles. The average molecular weight is 438 g/mol. The molecule has 0 aromatic carbocycles. The summed E-state index contributed by atoms with van der Waals surface area (Å²) in [7, 11) is 0. The fourth-order valence-electron chi connectivity index (χ4n) is 4.45. The number of fused-ring (bicyclic) bond motifs is 1. The van der Waals surface area contributed by atoms with E-state index in [1.807, 2.05) is 10.7 Å². The molecule has 2 fully saturated rings. The number of rotatable bonds is 4. The molecule has 1 unspecified atom stereocenters. The number of nitrogens with zero attached hydrogens (tertiary/aromatic N) is 5. The van der Waals surface area contributed by atoms with Crippen LogP contribution in [0.5, 0.6) is 0 Å². The molecule has 5 rings (SSSR count). The van der Waals surface area contributed by atoms with Gasteiger partial charge in [0.1, 0.15) is 17.0 Å². The van der Waals surface area contributed by atoms with Crippen molar-refractivity contribution in [1.29, 1.82) is 0 Å². The lowest BCUT2D eigenvalue weighted by molar-refractivity contribution is -0.0383. The number of hydrogen-bond donors (Lipinski definition) is 2. The summed E-state index contributed by atoms with van der Waals surface area (Å²) in [5.74, 6) is 5.83. The minimum Gasteiger partial charge on any atom is -0.377 e. The molecule has 1 amide bonds. The Kier molecular flexibility index (Phi) is 5.73. The molecule has 32 heavy (non-hydrogen) atoms. The summed E-state index contributed by atoms with van der Waals surface area (Å²) >= 11 is 0. The van der Waals surface area contributed by atoms with Crippen molar-refractivity contribution in [2.75, 3.05) is 31.3 Å². The van der Waals surface area contributed by atoms with Gasteiger partial charge in [-0.2, -0.15) is 5.10 Å². The third kappa shape index (κ3) is 3.70. The Morgan fingerprint density at radius 2 is 2.16 bits per heavy atom. The summed E-state index contributed by atoms with van der Waals surface area (Å²) in [5.41, 5.74) is 4.80. The van der Waals surface area contributed by atoms with Crippen LogP contribution in [0.1, 0.15) is 42.8 Å². The molecule has 0 bridgehead atoms. The van der Waals surface area contributed by atoms with Gasteiger partial charge >= 0.3 is 0 Å². The highest BCUT2D eigenvalue weighted by Gasteiger charge is 2.26. The van der Waals surface area contributed by atoms with Gasteiger partial charge in [-0.25, -0.2) is 15.5 Å². The van der Waals surface area contributed by atoms with Gasteiger partial charge in [0, 0.05) is 30.9 Å². The van der Waals surface area contributed by atoms with Crippen LogP contribution in [0.4, 0.5) is 5.82 Å². The maximum Gasteiger partial charge on any atom is 0.265 e. The first-order chi connectivity index (χ1) is 15.7. The van der Waals surface area contributed by atoms with Crippen molar-refractivity contribution in [3.63, 3.8) is 0 Å². The predicted octanol–water partition coefficient (Wildman–Crippen LogP) is 2.02. The van der Waals surface area contributed by atoms with Crippen LogP contribution in [0.2, 0.25) is 0 Å². The van der Waals surface area contributed by atoms with Crippen molar-refractivity contribution in [2.45, 2.75) is 38.5 Å². The van der Waals surface area contributed by atoms with Crippen molar-refractivity contribution in [2.24, 2.45) is 5.84 Å². The molecule has 3 aromatic rings. The second-order valence-corrected chi connectivity index (χ2v) is 8.16. The van der Waals surface area contributed by atoms with Crippen molar-refractivity contribution < 1.29 is 14.3 Å². The average Bonchev–Trinajstić information content (AvgIpc) is 3.33. The molecule has 0 aliphatic carbocycles. The van der Waals surface area contributed by atoms with Crippen LogP contribution >= 0.6 is 0 Å². The third-order valence-electron chi connectivity index (χ3n) is 6.09. The number of hydrazine groups is 1. The van der Waals surface area contributed by atoms with Gasteiger partial charge in [-0.1, -0.05) is 0 Å². The predicted molar refractivity (Wildman–Crippen MR) is 119 cm³/mol.